The predicted octanol–water partition coefficient (Wildman–Crippen LogP) is 1.12. The van der Waals surface area contributed by atoms with Crippen LogP contribution in [0.3, 0.4) is 0 Å². The smallest absolute Gasteiger partial charge is 0.312 e. The van der Waals surface area contributed by atoms with Crippen LogP contribution in [0.1, 0.15) is 46.5 Å². The maximum Gasteiger partial charge on any atom is 0.312 e. The summed E-state index contributed by atoms with van der Waals surface area (Å²) in [5, 5.41) is 9.18. The first-order valence-electron chi connectivity index (χ1n) is 11.0. The van der Waals surface area contributed by atoms with Crippen LogP contribution in [0.2, 0.25) is 0 Å². The Morgan fingerprint density at radius 3 is 2.77 bits per heavy atom. The van der Waals surface area contributed by atoms with Crippen LogP contribution < -0.4 is 0 Å². The van der Waals surface area contributed by atoms with Crippen molar-refractivity contribution in [3.63, 3.8) is 0 Å². The van der Waals surface area contributed by atoms with Gasteiger partial charge in [-0.05, 0) is 46.5 Å². The molecule has 5 atom stereocenters. The van der Waals surface area contributed by atoms with Crippen molar-refractivity contribution in [2.75, 3.05) is 26.3 Å². The lowest BCUT2D eigenvalue weighted by atomic mass is 9.70. The highest BCUT2D eigenvalue weighted by molar-refractivity contribution is 5.98. The van der Waals surface area contributed by atoms with Gasteiger partial charge in [0.05, 0.1) is 24.5 Å². The van der Waals surface area contributed by atoms with Crippen molar-refractivity contribution in [2.45, 2.75) is 70.2 Å². The molecule has 0 aromatic heterocycles. The Labute approximate surface area is 178 Å². The topological polar surface area (TPSA) is 96.4 Å². The van der Waals surface area contributed by atoms with Gasteiger partial charge >= 0.3 is 5.97 Å². The van der Waals surface area contributed by atoms with E-state index < -0.39 is 29.4 Å². The first-order valence-corrected chi connectivity index (χ1v) is 11.0. The lowest BCUT2D eigenvalue weighted by Crippen LogP contribution is -2.57. The molecule has 168 valence electrons. The van der Waals surface area contributed by atoms with E-state index in [1.54, 1.807) is 22.8 Å². The molecule has 8 heteroatoms. The van der Waals surface area contributed by atoms with E-state index in [2.05, 4.69) is 6.58 Å². The molecular weight excluding hydrogens is 388 g/mol. The summed E-state index contributed by atoms with van der Waals surface area (Å²) in [6.45, 7) is 10.3. The van der Waals surface area contributed by atoms with Crippen molar-refractivity contribution in [1.29, 1.82) is 0 Å². The van der Waals surface area contributed by atoms with Gasteiger partial charge in [-0.1, -0.05) is 6.08 Å². The molecule has 3 aliphatic heterocycles. The van der Waals surface area contributed by atoms with Gasteiger partial charge in [-0.3, -0.25) is 14.4 Å². The highest BCUT2D eigenvalue weighted by atomic mass is 16.6. The molecule has 3 rings (SSSR count). The summed E-state index contributed by atoms with van der Waals surface area (Å²) < 4.78 is 11.6. The number of likely N-dealkylation sites (tertiary alicyclic amines) is 1. The number of hydrogen-bond donors (Lipinski definition) is 1. The maximum atomic E-state index is 13.7. The number of aliphatic hydroxyl groups excluding tert-OH is 1. The molecule has 0 unspecified atom stereocenters. The number of esters is 1. The lowest BCUT2D eigenvalue weighted by molar-refractivity contribution is -0.155. The number of aliphatic hydroxyl groups is 1. The second-order valence-electron chi connectivity index (χ2n) is 8.64. The molecule has 1 N–H and O–H groups in total. The molecule has 2 bridgehead atoms. The lowest BCUT2D eigenvalue weighted by Gasteiger charge is -2.38. The van der Waals surface area contributed by atoms with Gasteiger partial charge in [-0.25, -0.2) is 0 Å². The molecule has 0 aromatic rings. The summed E-state index contributed by atoms with van der Waals surface area (Å²) in [6, 6.07) is -0.847. The molecule has 0 saturated carbocycles. The number of unbranched alkanes of at least 4 members (excludes halogenated alkanes) is 1. The highest BCUT2D eigenvalue weighted by Crippen LogP contribution is 2.58. The fraction of sp³-hybridized carbons (Fsp3) is 0.773. The Balaban J connectivity index is 1.99. The maximum absolute atomic E-state index is 13.7. The molecule has 0 aliphatic carbocycles. The predicted molar refractivity (Wildman–Crippen MR) is 109 cm³/mol. The van der Waals surface area contributed by atoms with Crippen LogP contribution in [0.5, 0.6) is 0 Å². The molecule has 3 fully saturated rings. The fourth-order valence-corrected chi connectivity index (χ4v) is 5.42. The molecule has 30 heavy (non-hydrogen) atoms. The van der Waals surface area contributed by atoms with Gasteiger partial charge in [0.1, 0.15) is 11.6 Å². The second-order valence-corrected chi connectivity index (χ2v) is 8.64. The number of amides is 2. The number of nitrogens with zero attached hydrogens (tertiary/aromatic N) is 2. The SMILES string of the molecule is C=CCN(C(=O)[C@H]1N(CCCCO)C(=O)[C@@H]2[C@@H](C(=O)OCC)[C@H]3CC[C@]21O3)C(C)C. The van der Waals surface area contributed by atoms with Crippen molar-refractivity contribution in [1.82, 2.24) is 9.80 Å². The summed E-state index contributed by atoms with van der Waals surface area (Å²) in [4.78, 5) is 43.3. The zero-order chi connectivity index (χ0) is 22.1. The van der Waals surface area contributed by atoms with Crippen LogP contribution >= 0.6 is 0 Å². The summed E-state index contributed by atoms with van der Waals surface area (Å²) in [6.07, 6.45) is 3.59. The van der Waals surface area contributed by atoms with E-state index >= 15 is 0 Å². The van der Waals surface area contributed by atoms with E-state index in [9.17, 15) is 19.5 Å². The summed E-state index contributed by atoms with van der Waals surface area (Å²) >= 11 is 0. The van der Waals surface area contributed by atoms with E-state index in [1.807, 2.05) is 13.8 Å². The third kappa shape index (κ3) is 3.54. The average molecular weight is 423 g/mol. The Morgan fingerprint density at radius 1 is 1.43 bits per heavy atom. The third-order valence-electron chi connectivity index (χ3n) is 6.63. The number of carbonyl (C=O) groups is 3. The summed E-state index contributed by atoms with van der Waals surface area (Å²) in [5.74, 6) is -2.17. The molecule has 8 nitrogen and oxygen atoms in total. The Kier molecular flexibility index (Phi) is 6.87. The quantitative estimate of drug-likeness (QED) is 0.322. The van der Waals surface area contributed by atoms with Crippen molar-refractivity contribution >= 4 is 17.8 Å². The molecule has 3 saturated heterocycles. The molecule has 1 spiro atoms. The molecule has 3 aliphatic rings. The third-order valence-corrected chi connectivity index (χ3v) is 6.63. The number of ether oxygens (including phenoxy) is 2. The Bertz CT molecular complexity index is 695. The normalized spacial score (nSPS) is 31.9. The van der Waals surface area contributed by atoms with Crippen LogP contribution in [-0.2, 0) is 23.9 Å². The number of rotatable bonds is 10. The van der Waals surface area contributed by atoms with Gasteiger partial charge < -0.3 is 24.4 Å². The van der Waals surface area contributed by atoms with E-state index in [1.165, 1.54) is 0 Å². The van der Waals surface area contributed by atoms with E-state index in [4.69, 9.17) is 9.47 Å². The molecule has 3 heterocycles. The summed E-state index contributed by atoms with van der Waals surface area (Å²) in [7, 11) is 0. The number of hydrogen-bond acceptors (Lipinski definition) is 6. The Morgan fingerprint density at radius 2 is 2.17 bits per heavy atom. The Hall–Kier alpha value is -1.93. The average Bonchev–Trinajstić information content (AvgIpc) is 3.33. The van der Waals surface area contributed by atoms with Gasteiger partial charge in [0.15, 0.2) is 0 Å². The van der Waals surface area contributed by atoms with Crippen LogP contribution in [-0.4, -0.2) is 82.8 Å². The monoisotopic (exact) mass is 422 g/mol. The van der Waals surface area contributed by atoms with Crippen molar-refractivity contribution < 1.29 is 29.0 Å². The highest BCUT2D eigenvalue weighted by Gasteiger charge is 2.75. The first-order chi connectivity index (χ1) is 14.3. The number of fused-ring (bicyclic) bond motifs is 1. The van der Waals surface area contributed by atoms with E-state index in [-0.39, 0.29) is 37.2 Å². The van der Waals surface area contributed by atoms with Gasteiger partial charge in [0, 0.05) is 25.7 Å². The minimum atomic E-state index is -0.996. The van der Waals surface area contributed by atoms with Crippen LogP contribution in [0.25, 0.3) is 0 Å². The fourth-order valence-electron chi connectivity index (χ4n) is 5.42. The van der Waals surface area contributed by atoms with E-state index in [0.717, 1.165) is 0 Å². The van der Waals surface area contributed by atoms with Gasteiger partial charge in [-0.15, -0.1) is 6.58 Å². The molecule has 2 amide bonds. The zero-order valence-electron chi connectivity index (χ0n) is 18.2. The van der Waals surface area contributed by atoms with Crippen molar-refractivity contribution in [3.05, 3.63) is 12.7 Å². The standard InChI is InChI=1S/C22H34N2O6/c1-5-11-23(14(3)4)20(27)18-22-10-9-15(30-22)16(21(28)29-6-2)17(22)19(26)24(18)12-7-8-13-25/h5,14-18,25H,1,6-13H2,2-4H3/t15-,16+,17+,18-,22+/m1/s1. The molecule has 0 radical (unpaired) electrons. The van der Waals surface area contributed by atoms with Gasteiger partial charge in [0.2, 0.25) is 11.8 Å². The van der Waals surface area contributed by atoms with Crippen LogP contribution in [0.15, 0.2) is 12.7 Å². The van der Waals surface area contributed by atoms with Crippen LogP contribution in [0.4, 0.5) is 0 Å². The number of carbonyl (C=O) groups excluding carboxylic acids is 3. The largest absolute Gasteiger partial charge is 0.466 e. The molecule has 0 aromatic carbocycles. The van der Waals surface area contributed by atoms with Crippen molar-refractivity contribution in [3.8, 4) is 0 Å². The minimum Gasteiger partial charge on any atom is -0.466 e. The zero-order valence-corrected chi connectivity index (χ0v) is 18.2. The van der Waals surface area contributed by atoms with Gasteiger partial charge in [0.25, 0.3) is 0 Å². The summed E-state index contributed by atoms with van der Waals surface area (Å²) in [5.41, 5.74) is -0.996. The second kappa shape index (κ2) is 9.06. The van der Waals surface area contributed by atoms with Crippen molar-refractivity contribution in [2.24, 2.45) is 11.8 Å². The minimum absolute atomic E-state index is 0.0217. The first kappa shape index (κ1) is 22.7. The van der Waals surface area contributed by atoms with E-state index in [0.29, 0.717) is 38.8 Å². The molecular formula is C22H34N2O6. The van der Waals surface area contributed by atoms with Gasteiger partial charge in [-0.2, -0.15) is 0 Å². The van der Waals surface area contributed by atoms with Crippen LogP contribution in [0, 0.1) is 11.8 Å².